The van der Waals surface area contributed by atoms with Gasteiger partial charge in [-0.2, -0.15) is 0 Å². The van der Waals surface area contributed by atoms with Crippen molar-refractivity contribution in [3.8, 4) is 5.75 Å². The molecule has 0 aliphatic carbocycles. The number of nitrogens with one attached hydrogen (secondary N) is 1. The van der Waals surface area contributed by atoms with E-state index in [1.807, 2.05) is 31.2 Å². The van der Waals surface area contributed by atoms with E-state index in [1.165, 1.54) is 7.11 Å². The highest BCUT2D eigenvalue weighted by molar-refractivity contribution is 5.78. The third-order valence-corrected chi connectivity index (χ3v) is 2.81. The van der Waals surface area contributed by atoms with E-state index in [0.29, 0.717) is 31.9 Å². The van der Waals surface area contributed by atoms with Crippen LogP contribution >= 0.6 is 0 Å². The van der Waals surface area contributed by atoms with Gasteiger partial charge in [-0.1, -0.05) is 23.3 Å². The summed E-state index contributed by atoms with van der Waals surface area (Å²) in [5.41, 5.74) is 8.95. The minimum atomic E-state index is -0.608. The van der Waals surface area contributed by atoms with Gasteiger partial charge in [0.15, 0.2) is 0 Å². The van der Waals surface area contributed by atoms with Crippen LogP contribution in [0.1, 0.15) is 24.9 Å². The number of rotatable bonds is 9. The fourth-order valence-corrected chi connectivity index (χ4v) is 1.88. The van der Waals surface area contributed by atoms with Crippen LogP contribution in [0, 0.1) is 0 Å². The van der Waals surface area contributed by atoms with Crippen molar-refractivity contribution in [2.45, 2.75) is 19.4 Å². The summed E-state index contributed by atoms with van der Waals surface area (Å²) in [6, 6.07) is 6.73. The zero-order chi connectivity index (χ0) is 15.5. The van der Waals surface area contributed by atoms with Crippen molar-refractivity contribution in [3.63, 3.8) is 0 Å². The molecular formula is C14H20N4O3. The Bertz CT molecular complexity index is 501. The van der Waals surface area contributed by atoms with E-state index >= 15 is 0 Å². The number of azide groups is 1. The SMILES string of the molecule is CCOc1ccccc1C(NCCCN=[N+]=[N-])C(=O)OC. The maximum Gasteiger partial charge on any atom is 0.327 e. The summed E-state index contributed by atoms with van der Waals surface area (Å²) < 4.78 is 10.4. The van der Waals surface area contributed by atoms with Gasteiger partial charge in [-0.05, 0) is 31.5 Å². The van der Waals surface area contributed by atoms with Crippen LogP contribution in [0.5, 0.6) is 5.75 Å². The molecule has 0 saturated heterocycles. The van der Waals surface area contributed by atoms with E-state index < -0.39 is 6.04 Å². The topological polar surface area (TPSA) is 96.3 Å². The zero-order valence-corrected chi connectivity index (χ0v) is 12.3. The number of hydrogen-bond donors (Lipinski definition) is 1. The van der Waals surface area contributed by atoms with Crippen LogP contribution in [0.2, 0.25) is 0 Å². The largest absolute Gasteiger partial charge is 0.494 e. The Morgan fingerprint density at radius 2 is 2.24 bits per heavy atom. The van der Waals surface area contributed by atoms with Gasteiger partial charge in [-0.25, -0.2) is 4.79 Å². The lowest BCUT2D eigenvalue weighted by Crippen LogP contribution is -2.31. The van der Waals surface area contributed by atoms with Crippen LogP contribution in [0.3, 0.4) is 0 Å². The molecule has 1 unspecified atom stereocenters. The van der Waals surface area contributed by atoms with E-state index in [1.54, 1.807) is 0 Å². The molecule has 7 nitrogen and oxygen atoms in total. The Hall–Kier alpha value is -2.24. The van der Waals surface area contributed by atoms with Crippen LogP contribution in [0.4, 0.5) is 0 Å². The van der Waals surface area contributed by atoms with E-state index in [9.17, 15) is 4.79 Å². The van der Waals surface area contributed by atoms with E-state index in [4.69, 9.17) is 15.0 Å². The molecule has 0 heterocycles. The summed E-state index contributed by atoms with van der Waals surface area (Å²) in [6.07, 6.45) is 0.633. The average molecular weight is 292 g/mol. The molecule has 0 aliphatic heterocycles. The number of para-hydroxylation sites is 1. The van der Waals surface area contributed by atoms with Crippen LogP contribution in [0.15, 0.2) is 29.4 Å². The molecule has 21 heavy (non-hydrogen) atoms. The van der Waals surface area contributed by atoms with Crippen molar-refractivity contribution in [2.75, 3.05) is 26.8 Å². The Balaban J connectivity index is 2.82. The van der Waals surface area contributed by atoms with Crippen molar-refractivity contribution in [1.29, 1.82) is 0 Å². The standard InChI is InChI=1S/C14H20N4O3/c1-3-21-12-8-5-4-7-11(12)13(14(19)20-2)16-9-6-10-17-18-15/h4-5,7-8,13,16H,3,6,9-10H2,1-2H3. The minimum absolute atomic E-state index is 0.379. The van der Waals surface area contributed by atoms with Gasteiger partial charge < -0.3 is 14.8 Å². The molecule has 0 aliphatic rings. The van der Waals surface area contributed by atoms with Crippen LogP contribution < -0.4 is 10.1 Å². The number of carbonyl (C=O) groups is 1. The molecule has 0 aromatic heterocycles. The first-order chi connectivity index (χ1) is 10.2. The summed E-state index contributed by atoms with van der Waals surface area (Å²) in [6.45, 7) is 3.31. The van der Waals surface area contributed by atoms with Gasteiger partial charge in [-0.3, -0.25) is 0 Å². The van der Waals surface area contributed by atoms with E-state index in [0.717, 1.165) is 5.56 Å². The quantitative estimate of drug-likeness (QED) is 0.249. The normalized spacial score (nSPS) is 11.3. The molecule has 114 valence electrons. The third-order valence-electron chi connectivity index (χ3n) is 2.81. The van der Waals surface area contributed by atoms with Crippen molar-refractivity contribution in [1.82, 2.24) is 5.32 Å². The summed E-state index contributed by atoms with van der Waals surface area (Å²) in [5, 5.41) is 6.56. The summed E-state index contributed by atoms with van der Waals surface area (Å²) >= 11 is 0. The number of carbonyl (C=O) groups excluding carboxylic acids is 1. The number of ether oxygens (including phenoxy) is 2. The molecule has 1 aromatic carbocycles. The second-order valence-corrected chi connectivity index (χ2v) is 4.19. The summed E-state index contributed by atoms with van der Waals surface area (Å²) in [7, 11) is 1.35. The Morgan fingerprint density at radius 3 is 2.90 bits per heavy atom. The van der Waals surface area contributed by atoms with Crippen LogP contribution in [-0.4, -0.2) is 32.8 Å². The molecule has 0 fully saturated rings. The molecule has 1 atom stereocenters. The van der Waals surface area contributed by atoms with Gasteiger partial charge >= 0.3 is 5.97 Å². The van der Waals surface area contributed by atoms with Gasteiger partial charge in [0.1, 0.15) is 11.8 Å². The van der Waals surface area contributed by atoms with Gasteiger partial charge in [0.2, 0.25) is 0 Å². The maximum absolute atomic E-state index is 12.0. The smallest absolute Gasteiger partial charge is 0.327 e. The molecule has 1 N–H and O–H groups in total. The summed E-state index contributed by atoms with van der Waals surface area (Å²) in [4.78, 5) is 14.7. The lowest BCUT2D eigenvalue weighted by Gasteiger charge is -2.19. The number of nitrogens with zero attached hydrogens (tertiary/aromatic N) is 3. The molecule has 0 radical (unpaired) electrons. The first kappa shape index (κ1) is 16.8. The van der Waals surface area contributed by atoms with Gasteiger partial charge in [0, 0.05) is 17.0 Å². The molecule has 0 bridgehead atoms. The molecule has 0 amide bonds. The Kier molecular flexibility index (Phi) is 7.71. The number of benzene rings is 1. The first-order valence-electron chi connectivity index (χ1n) is 6.78. The second kappa shape index (κ2) is 9.63. The molecule has 0 spiro atoms. The maximum atomic E-state index is 12.0. The first-order valence-corrected chi connectivity index (χ1v) is 6.78. The number of esters is 1. The van der Waals surface area contributed by atoms with Crippen molar-refractivity contribution in [3.05, 3.63) is 40.3 Å². The van der Waals surface area contributed by atoms with Gasteiger partial charge in [0.25, 0.3) is 0 Å². The number of hydrogen-bond acceptors (Lipinski definition) is 5. The zero-order valence-electron chi connectivity index (χ0n) is 12.3. The third kappa shape index (κ3) is 5.33. The molecule has 1 rings (SSSR count). The lowest BCUT2D eigenvalue weighted by atomic mass is 10.1. The fraction of sp³-hybridized carbons (Fsp3) is 0.500. The van der Waals surface area contributed by atoms with Crippen molar-refractivity contribution >= 4 is 5.97 Å². The lowest BCUT2D eigenvalue weighted by molar-refractivity contribution is -0.143. The molecule has 1 aromatic rings. The second-order valence-electron chi connectivity index (χ2n) is 4.19. The highest BCUT2D eigenvalue weighted by atomic mass is 16.5. The predicted molar refractivity (Wildman–Crippen MR) is 79.0 cm³/mol. The summed E-state index contributed by atoms with van der Waals surface area (Å²) in [5.74, 6) is 0.267. The number of methoxy groups -OCH3 is 1. The molecular weight excluding hydrogens is 272 g/mol. The predicted octanol–water partition coefficient (Wildman–Crippen LogP) is 2.59. The Labute approximate surface area is 123 Å². The minimum Gasteiger partial charge on any atom is -0.494 e. The van der Waals surface area contributed by atoms with Crippen molar-refractivity contribution < 1.29 is 14.3 Å². The van der Waals surface area contributed by atoms with Crippen LogP contribution in [-0.2, 0) is 9.53 Å². The van der Waals surface area contributed by atoms with Crippen LogP contribution in [0.25, 0.3) is 10.4 Å². The highest BCUT2D eigenvalue weighted by Crippen LogP contribution is 2.26. The van der Waals surface area contributed by atoms with Gasteiger partial charge in [-0.15, -0.1) is 0 Å². The van der Waals surface area contributed by atoms with E-state index in [-0.39, 0.29) is 5.97 Å². The average Bonchev–Trinajstić information content (AvgIpc) is 2.51. The highest BCUT2D eigenvalue weighted by Gasteiger charge is 2.23. The Morgan fingerprint density at radius 1 is 1.48 bits per heavy atom. The van der Waals surface area contributed by atoms with E-state index in [2.05, 4.69) is 15.3 Å². The van der Waals surface area contributed by atoms with Gasteiger partial charge in [0.05, 0.1) is 13.7 Å². The molecule has 0 saturated carbocycles. The monoisotopic (exact) mass is 292 g/mol. The van der Waals surface area contributed by atoms with Crippen molar-refractivity contribution in [2.24, 2.45) is 5.11 Å². The molecule has 7 heteroatoms. The fourth-order valence-electron chi connectivity index (χ4n) is 1.88.